The molecule has 1 heterocycles. The molecule has 21 heavy (non-hydrogen) atoms. The van der Waals surface area contributed by atoms with Crippen LogP contribution >= 0.6 is 0 Å². The first-order valence-electron chi connectivity index (χ1n) is 7.29. The molecular weight excluding hydrogens is 268 g/mol. The van der Waals surface area contributed by atoms with Crippen LogP contribution in [0, 0.1) is 5.92 Å². The Morgan fingerprint density at radius 1 is 1.43 bits per heavy atom. The summed E-state index contributed by atoms with van der Waals surface area (Å²) in [6.07, 6.45) is 0.895. The van der Waals surface area contributed by atoms with E-state index in [1.54, 1.807) is 11.9 Å². The lowest BCUT2D eigenvalue weighted by molar-refractivity contribution is -0.128. The van der Waals surface area contributed by atoms with E-state index in [0.29, 0.717) is 25.9 Å². The average Bonchev–Trinajstić information content (AvgIpc) is 2.84. The van der Waals surface area contributed by atoms with Gasteiger partial charge in [-0.3, -0.25) is 9.59 Å². The van der Waals surface area contributed by atoms with Gasteiger partial charge in [-0.25, -0.2) is 0 Å². The summed E-state index contributed by atoms with van der Waals surface area (Å²) in [7, 11) is 1.72. The van der Waals surface area contributed by atoms with Crippen LogP contribution in [0.1, 0.15) is 24.3 Å². The van der Waals surface area contributed by atoms with Crippen molar-refractivity contribution in [1.29, 1.82) is 0 Å². The van der Waals surface area contributed by atoms with Gasteiger partial charge < -0.3 is 15.3 Å². The molecule has 0 aliphatic carbocycles. The molecule has 0 aromatic heterocycles. The van der Waals surface area contributed by atoms with Crippen molar-refractivity contribution in [3.05, 3.63) is 35.9 Å². The molecule has 5 heteroatoms. The maximum atomic E-state index is 12.1. The second kappa shape index (κ2) is 7.22. The number of likely N-dealkylation sites (tertiary alicyclic amines) is 1. The summed E-state index contributed by atoms with van der Waals surface area (Å²) < 4.78 is 0. The molecule has 1 saturated heterocycles. The summed E-state index contributed by atoms with van der Waals surface area (Å²) in [6.45, 7) is 1.05. The van der Waals surface area contributed by atoms with E-state index in [2.05, 4.69) is 5.32 Å². The van der Waals surface area contributed by atoms with Crippen LogP contribution in [-0.4, -0.2) is 48.6 Å². The number of aliphatic hydroxyl groups is 1. The molecule has 2 amide bonds. The van der Waals surface area contributed by atoms with Crippen LogP contribution < -0.4 is 5.32 Å². The van der Waals surface area contributed by atoms with Crippen LogP contribution in [0.4, 0.5) is 0 Å². The molecule has 5 nitrogen and oxygen atoms in total. The summed E-state index contributed by atoms with van der Waals surface area (Å²) in [6, 6.07) is 9.84. The van der Waals surface area contributed by atoms with Crippen LogP contribution in [0.15, 0.2) is 30.3 Å². The monoisotopic (exact) mass is 290 g/mol. The van der Waals surface area contributed by atoms with E-state index in [0.717, 1.165) is 5.56 Å². The van der Waals surface area contributed by atoms with Crippen LogP contribution in [0.2, 0.25) is 0 Å². The highest BCUT2D eigenvalue weighted by Crippen LogP contribution is 2.20. The minimum atomic E-state index is -0.256. The molecule has 2 unspecified atom stereocenters. The Morgan fingerprint density at radius 2 is 2.14 bits per heavy atom. The van der Waals surface area contributed by atoms with Crippen molar-refractivity contribution in [2.45, 2.75) is 18.8 Å². The van der Waals surface area contributed by atoms with Gasteiger partial charge in [0.15, 0.2) is 0 Å². The number of rotatable bonds is 6. The molecule has 1 fully saturated rings. The zero-order chi connectivity index (χ0) is 15.2. The second-order valence-electron chi connectivity index (χ2n) is 5.54. The number of benzene rings is 1. The summed E-state index contributed by atoms with van der Waals surface area (Å²) >= 11 is 0. The largest absolute Gasteiger partial charge is 0.396 e. The molecule has 0 saturated carbocycles. The number of nitrogens with zero attached hydrogens (tertiary/aromatic N) is 1. The van der Waals surface area contributed by atoms with Gasteiger partial charge in [0, 0.05) is 39.1 Å². The Kier molecular flexibility index (Phi) is 5.33. The maximum Gasteiger partial charge on any atom is 0.225 e. The smallest absolute Gasteiger partial charge is 0.225 e. The highest BCUT2D eigenvalue weighted by atomic mass is 16.3. The lowest BCUT2D eigenvalue weighted by atomic mass is 9.95. The molecule has 1 aliphatic rings. The number of nitrogens with one attached hydrogen (secondary N) is 1. The fourth-order valence-corrected chi connectivity index (χ4v) is 2.67. The zero-order valence-electron chi connectivity index (χ0n) is 12.3. The van der Waals surface area contributed by atoms with Crippen LogP contribution in [0.25, 0.3) is 0 Å². The van der Waals surface area contributed by atoms with Gasteiger partial charge in [0.25, 0.3) is 0 Å². The summed E-state index contributed by atoms with van der Waals surface area (Å²) in [4.78, 5) is 25.2. The third kappa shape index (κ3) is 4.04. The van der Waals surface area contributed by atoms with E-state index in [1.807, 2.05) is 30.3 Å². The van der Waals surface area contributed by atoms with E-state index in [4.69, 9.17) is 0 Å². The van der Waals surface area contributed by atoms with Crippen molar-refractivity contribution >= 4 is 11.8 Å². The van der Waals surface area contributed by atoms with Crippen molar-refractivity contribution in [1.82, 2.24) is 10.2 Å². The quantitative estimate of drug-likeness (QED) is 0.812. The van der Waals surface area contributed by atoms with Crippen LogP contribution in [0.3, 0.4) is 0 Å². The highest BCUT2D eigenvalue weighted by Gasteiger charge is 2.32. The van der Waals surface area contributed by atoms with Gasteiger partial charge >= 0.3 is 0 Å². The van der Waals surface area contributed by atoms with Gasteiger partial charge in [-0.1, -0.05) is 30.3 Å². The molecule has 1 aromatic rings. The van der Waals surface area contributed by atoms with E-state index in [9.17, 15) is 14.7 Å². The minimum absolute atomic E-state index is 0.0186. The van der Waals surface area contributed by atoms with Crippen molar-refractivity contribution in [2.24, 2.45) is 5.92 Å². The molecule has 0 radical (unpaired) electrons. The second-order valence-corrected chi connectivity index (χ2v) is 5.54. The third-order valence-corrected chi connectivity index (χ3v) is 3.98. The maximum absolute atomic E-state index is 12.1. The predicted octanol–water partition coefficient (Wildman–Crippen LogP) is 0.747. The Hall–Kier alpha value is -1.88. The molecule has 1 aliphatic heterocycles. The van der Waals surface area contributed by atoms with E-state index >= 15 is 0 Å². The fraction of sp³-hybridized carbons (Fsp3) is 0.500. The third-order valence-electron chi connectivity index (χ3n) is 3.98. The first-order valence-corrected chi connectivity index (χ1v) is 7.29. The van der Waals surface area contributed by atoms with Gasteiger partial charge in [0.1, 0.15) is 0 Å². The Balaban J connectivity index is 1.90. The number of carbonyl (C=O) groups excluding carboxylic acids is 2. The summed E-state index contributed by atoms with van der Waals surface area (Å²) in [5.41, 5.74) is 1.10. The summed E-state index contributed by atoms with van der Waals surface area (Å²) in [5, 5.41) is 12.1. The van der Waals surface area contributed by atoms with Crippen molar-refractivity contribution < 1.29 is 14.7 Å². The fourth-order valence-electron chi connectivity index (χ4n) is 2.67. The average molecular weight is 290 g/mol. The number of carbonyl (C=O) groups is 2. The Morgan fingerprint density at radius 3 is 2.71 bits per heavy atom. The van der Waals surface area contributed by atoms with Gasteiger partial charge in [-0.05, 0) is 12.0 Å². The van der Waals surface area contributed by atoms with Crippen LogP contribution in [-0.2, 0) is 9.59 Å². The molecule has 1 aromatic carbocycles. The highest BCUT2D eigenvalue weighted by molar-refractivity contribution is 5.89. The zero-order valence-corrected chi connectivity index (χ0v) is 12.3. The molecule has 2 N–H and O–H groups in total. The van der Waals surface area contributed by atoms with E-state index < -0.39 is 0 Å². The summed E-state index contributed by atoms with van der Waals surface area (Å²) in [5.74, 6) is -0.222. The van der Waals surface area contributed by atoms with Crippen LogP contribution in [0.5, 0.6) is 0 Å². The van der Waals surface area contributed by atoms with Crippen molar-refractivity contribution in [3.8, 4) is 0 Å². The lowest BCUT2D eigenvalue weighted by Crippen LogP contribution is -2.35. The number of hydrogen-bond acceptors (Lipinski definition) is 3. The Bertz CT molecular complexity index is 490. The topological polar surface area (TPSA) is 69.6 Å². The first kappa shape index (κ1) is 15.5. The SMILES string of the molecule is CN1CC(C(=O)NCC(CCO)c2ccccc2)CC1=O. The molecule has 114 valence electrons. The predicted molar refractivity (Wildman–Crippen MR) is 79.6 cm³/mol. The minimum Gasteiger partial charge on any atom is -0.396 e. The number of aliphatic hydroxyl groups excluding tert-OH is 1. The standard InChI is InChI=1S/C16H22N2O3/c1-18-11-14(9-15(18)20)16(21)17-10-13(7-8-19)12-5-3-2-4-6-12/h2-6,13-14,19H,7-11H2,1H3,(H,17,21). The number of amides is 2. The Labute approximate surface area is 125 Å². The van der Waals surface area contributed by atoms with Crippen molar-refractivity contribution in [3.63, 3.8) is 0 Å². The molecular formula is C16H22N2O3. The molecule has 2 rings (SSSR count). The van der Waals surface area contributed by atoms with E-state index in [-0.39, 0.29) is 30.3 Å². The van der Waals surface area contributed by atoms with Gasteiger partial charge in [0.05, 0.1) is 5.92 Å². The molecule has 2 atom stereocenters. The van der Waals surface area contributed by atoms with Gasteiger partial charge in [-0.2, -0.15) is 0 Å². The normalized spacial score (nSPS) is 19.6. The first-order chi connectivity index (χ1) is 10.1. The van der Waals surface area contributed by atoms with E-state index in [1.165, 1.54) is 0 Å². The van der Waals surface area contributed by atoms with Gasteiger partial charge in [0.2, 0.25) is 11.8 Å². The molecule has 0 bridgehead atoms. The van der Waals surface area contributed by atoms with Crippen molar-refractivity contribution in [2.75, 3.05) is 26.7 Å². The molecule has 0 spiro atoms. The lowest BCUT2D eigenvalue weighted by Gasteiger charge is -2.18. The van der Waals surface area contributed by atoms with Gasteiger partial charge in [-0.15, -0.1) is 0 Å². The number of hydrogen-bond donors (Lipinski definition) is 2.